The van der Waals surface area contributed by atoms with Crippen LogP contribution in [-0.2, 0) is 4.79 Å². The fourth-order valence-electron chi connectivity index (χ4n) is 2.72. The van der Waals surface area contributed by atoms with Gasteiger partial charge >= 0.3 is 5.97 Å². The molecule has 2 aliphatic heterocycles. The van der Waals surface area contributed by atoms with Gasteiger partial charge < -0.3 is 10.0 Å². The molecule has 0 bridgehead atoms. The minimum atomic E-state index is -0.698. The van der Waals surface area contributed by atoms with Crippen molar-refractivity contribution in [3.63, 3.8) is 0 Å². The molecule has 0 saturated carbocycles. The highest BCUT2D eigenvalue weighted by molar-refractivity contribution is 5.69. The monoisotopic (exact) mass is 184 g/mol. The van der Waals surface area contributed by atoms with Gasteiger partial charge in [-0.1, -0.05) is 0 Å². The van der Waals surface area contributed by atoms with E-state index in [1.54, 1.807) is 0 Å². The molecule has 0 atom stereocenters. The molecule has 0 radical (unpaired) electrons. The van der Waals surface area contributed by atoms with Crippen LogP contribution < -0.4 is 0 Å². The summed E-state index contributed by atoms with van der Waals surface area (Å²) in [5, 5.41) is 8.74. The first-order valence-corrected chi connectivity index (χ1v) is 4.78. The topological polar surface area (TPSA) is 43.8 Å². The Morgan fingerprint density at radius 2 is 2.23 bits per heavy atom. The van der Waals surface area contributed by atoms with Crippen molar-refractivity contribution in [3.05, 3.63) is 0 Å². The second kappa shape index (κ2) is 2.96. The molecule has 0 aliphatic carbocycles. The number of hydrogen-bond donors (Lipinski definition) is 1. The molecular weight excluding hydrogens is 168 g/mol. The average molecular weight is 184 g/mol. The van der Waals surface area contributed by atoms with Crippen LogP contribution in [-0.4, -0.2) is 59.6 Å². The highest BCUT2D eigenvalue weighted by Crippen LogP contribution is 2.36. The second-order valence-corrected chi connectivity index (χ2v) is 4.32. The zero-order chi connectivity index (χ0) is 9.47. The molecule has 13 heavy (non-hydrogen) atoms. The van der Waals surface area contributed by atoms with Gasteiger partial charge in [0.05, 0.1) is 6.54 Å². The van der Waals surface area contributed by atoms with E-state index in [2.05, 4.69) is 16.8 Å². The number of hydrogen-bond acceptors (Lipinski definition) is 3. The normalized spacial score (nSPS) is 27.8. The lowest BCUT2D eigenvalue weighted by atomic mass is 9.87. The highest BCUT2D eigenvalue weighted by atomic mass is 16.4. The molecule has 2 rings (SSSR count). The number of likely N-dealkylation sites (tertiary alicyclic amines) is 2. The molecule has 4 heteroatoms. The minimum Gasteiger partial charge on any atom is -0.480 e. The van der Waals surface area contributed by atoms with E-state index < -0.39 is 5.97 Å². The smallest absolute Gasteiger partial charge is 0.317 e. The summed E-state index contributed by atoms with van der Waals surface area (Å²) < 4.78 is 0. The Bertz CT molecular complexity index is 224. The van der Waals surface area contributed by atoms with Gasteiger partial charge in [-0.2, -0.15) is 0 Å². The number of carboxylic acids is 1. The number of nitrogens with zero attached hydrogens (tertiary/aromatic N) is 2. The summed E-state index contributed by atoms with van der Waals surface area (Å²) in [5.74, 6) is -0.698. The first-order chi connectivity index (χ1) is 6.12. The van der Waals surface area contributed by atoms with Crippen LogP contribution in [0.15, 0.2) is 0 Å². The number of aliphatic carboxylic acids is 1. The van der Waals surface area contributed by atoms with Crippen LogP contribution in [0.1, 0.15) is 12.8 Å². The molecule has 4 nitrogen and oxygen atoms in total. The van der Waals surface area contributed by atoms with E-state index in [1.165, 1.54) is 6.42 Å². The van der Waals surface area contributed by atoms with Gasteiger partial charge in [0.1, 0.15) is 0 Å². The summed E-state index contributed by atoms with van der Waals surface area (Å²) in [5.41, 5.74) is 0.215. The van der Waals surface area contributed by atoms with Crippen molar-refractivity contribution in [1.29, 1.82) is 0 Å². The second-order valence-electron chi connectivity index (χ2n) is 4.32. The summed E-state index contributed by atoms with van der Waals surface area (Å²) in [7, 11) is 2.09. The SMILES string of the molecule is CN1CC2(CCCN2CC(=O)O)C1. The molecule has 2 saturated heterocycles. The van der Waals surface area contributed by atoms with Crippen LogP contribution in [0.2, 0.25) is 0 Å². The third kappa shape index (κ3) is 1.44. The third-order valence-electron chi connectivity index (χ3n) is 3.20. The molecule has 0 aromatic carbocycles. The summed E-state index contributed by atoms with van der Waals surface area (Å²) in [4.78, 5) is 15.0. The molecule has 1 spiro atoms. The van der Waals surface area contributed by atoms with E-state index in [0.717, 1.165) is 26.1 Å². The standard InChI is InChI=1S/C9H16N2O2/c1-10-6-9(7-10)3-2-4-11(9)5-8(12)13/h2-7H2,1H3,(H,12,13). The van der Waals surface area contributed by atoms with Crippen molar-refractivity contribution >= 4 is 5.97 Å². The van der Waals surface area contributed by atoms with Gasteiger partial charge in [-0.15, -0.1) is 0 Å². The van der Waals surface area contributed by atoms with E-state index in [-0.39, 0.29) is 12.1 Å². The largest absolute Gasteiger partial charge is 0.480 e. The molecule has 0 amide bonds. The van der Waals surface area contributed by atoms with Gasteiger partial charge in [0.2, 0.25) is 0 Å². The maximum atomic E-state index is 10.6. The first-order valence-electron chi connectivity index (χ1n) is 4.78. The fourth-order valence-corrected chi connectivity index (χ4v) is 2.72. The Kier molecular flexibility index (Phi) is 2.04. The number of carbonyl (C=O) groups is 1. The molecule has 1 N–H and O–H groups in total. The van der Waals surface area contributed by atoms with E-state index in [4.69, 9.17) is 5.11 Å². The molecule has 0 aromatic heterocycles. The number of carboxylic acid groups (broad SMARTS) is 1. The minimum absolute atomic E-state index is 0.215. The van der Waals surface area contributed by atoms with Gasteiger partial charge in [-0.05, 0) is 26.4 Å². The van der Waals surface area contributed by atoms with Gasteiger partial charge in [0.25, 0.3) is 0 Å². The van der Waals surface area contributed by atoms with Crippen molar-refractivity contribution in [3.8, 4) is 0 Å². The van der Waals surface area contributed by atoms with E-state index in [1.807, 2.05) is 0 Å². The van der Waals surface area contributed by atoms with E-state index in [0.29, 0.717) is 0 Å². The van der Waals surface area contributed by atoms with Crippen LogP contribution in [0.5, 0.6) is 0 Å². The zero-order valence-electron chi connectivity index (χ0n) is 7.99. The molecule has 2 heterocycles. The van der Waals surface area contributed by atoms with Crippen LogP contribution in [0.25, 0.3) is 0 Å². The first kappa shape index (κ1) is 8.97. The van der Waals surface area contributed by atoms with Crippen molar-refractivity contribution < 1.29 is 9.90 Å². The molecule has 2 fully saturated rings. The average Bonchev–Trinajstić information content (AvgIpc) is 2.31. The molecule has 74 valence electrons. The summed E-state index contributed by atoms with van der Waals surface area (Å²) in [6, 6.07) is 0. The number of rotatable bonds is 2. The maximum absolute atomic E-state index is 10.6. The predicted octanol–water partition coefficient (Wildman–Crippen LogP) is -0.149. The van der Waals surface area contributed by atoms with Crippen molar-refractivity contribution in [2.75, 3.05) is 33.2 Å². The molecular formula is C9H16N2O2. The summed E-state index contributed by atoms with van der Waals surface area (Å²) >= 11 is 0. The van der Waals surface area contributed by atoms with E-state index in [9.17, 15) is 4.79 Å². The van der Waals surface area contributed by atoms with Crippen LogP contribution in [0.4, 0.5) is 0 Å². The van der Waals surface area contributed by atoms with Crippen LogP contribution >= 0.6 is 0 Å². The van der Waals surface area contributed by atoms with Crippen LogP contribution in [0.3, 0.4) is 0 Å². The highest BCUT2D eigenvalue weighted by Gasteiger charge is 2.48. The number of likely N-dealkylation sites (N-methyl/N-ethyl adjacent to an activating group) is 1. The Labute approximate surface area is 78.1 Å². The van der Waals surface area contributed by atoms with Crippen LogP contribution in [0, 0.1) is 0 Å². The van der Waals surface area contributed by atoms with Crippen molar-refractivity contribution in [2.24, 2.45) is 0 Å². The molecule has 0 unspecified atom stereocenters. The molecule has 0 aromatic rings. The van der Waals surface area contributed by atoms with Gasteiger partial charge in [-0.3, -0.25) is 9.69 Å². The van der Waals surface area contributed by atoms with Gasteiger partial charge in [-0.25, -0.2) is 0 Å². The van der Waals surface area contributed by atoms with Gasteiger partial charge in [0.15, 0.2) is 0 Å². The van der Waals surface area contributed by atoms with Crippen molar-refractivity contribution in [2.45, 2.75) is 18.4 Å². The third-order valence-corrected chi connectivity index (χ3v) is 3.20. The Hall–Kier alpha value is -0.610. The quantitative estimate of drug-likeness (QED) is 0.648. The Morgan fingerprint density at radius 3 is 2.77 bits per heavy atom. The maximum Gasteiger partial charge on any atom is 0.317 e. The lowest BCUT2D eigenvalue weighted by molar-refractivity contribution is -0.141. The lowest BCUT2D eigenvalue weighted by Crippen LogP contribution is -2.66. The Balaban J connectivity index is 1.99. The lowest BCUT2D eigenvalue weighted by Gasteiger charge is -2.51. The van der Waals surface area contributed by atoms with Crippen molar-refractivity contribution in [1.82, 2.24) is 9.80 Å². The zero-order valence-corrected chi connectivity index (χ0v) is 7.99. The Morgan fingerprint density at radius 1 is 1.54 bits per heavy atom. The van der Waals surface area contributed by atoms with E-state index >= 15 is 0 Å². The fraction of sp³-hybridized carbons (Fsp3) is 0.889. The summed E-state index contributed by atoms with van der Waals surface area (Å²) in [6.07, 6.45) is 2.33. The van der Waals surface area contributed by atoms with Gasteiger partial charge in [0, 0.05) is 18.6 Å². The predicted molar refractivity (Wildman–Crippen MR) is 48.7 cm³/mol. The molecule has 2 aliphatic rings. The summed E-state index contributed by atoms with van der Waals surface area (Å²) in [6.45, 7) is 3.26.